The molecule has 1 unspecified atom stereocenters. The van der Waals surface area contributed by atoms with Crippen LogP contribution in [-0.2, 0) is 4.79 Å². The van der Waals surface area contributed by atoms with E-state index in [1.807, 2.05) is 0 Å². The summed E-state index contributed by atoms with van der Waals surface area (Å²) in [6.07, 6.45) is 11.2. The summed E-state index contributed by atoms with van der Waals surface area (Å²) in [6, 6.07) is 3.63. The van der Waals surface area contributed by atoms with Gasteiger partial charge in [0.05, 0.1) is 23.9 Å². The molecule has 0 radical (unpaired) electrons. The highest BCUT2D eigenvalue weighted by Gasteiger charge is 2.29. The highest BCUT2D eigenvalue weighted by atomic mass is 19.1. The van der Waals surface area contributed by atoms with Gasteiger partial charge in [-0.1, -0.05) is 19.3 Å². The zero-order valence-corrected chi connectivity index (χ0v) is 24.1. The fraction of sp³-hybridized carbons (Fsp3) is 0.645. The molecule has 1 saturated heterocycles. The molecule has 1 aromatic carbocycles. The lowest BCUT2D eigenvalue weighted by molar-refractivity contribution is -0.122. The monoisotopic (exact) mass is 571 g/mol. The first-order valence-electron chi connectivity index (χ1n) is 15.5. The predicted octanol–water partition coefficient (Wildman–Crippen LogP) is 5.38. The molecule has 1 aliphatic heterocycles. The number of halogens is 2. The van der Waals surface area contributed by atoms with E-state index in [0.29, 0.717) is 13.0 Å². The topological polar surface area (TPSA) is 88.5 Å². The highest BCUT2D eigenvalue weighted by Crippen LogP contribution is 2.36. The van der Waals surface area contributed by atoms with E-state index in [2.05, 4.69) is 20.6 Å². The Balaban J connectivity index is 1.36. The van der Waals surface area contributed by atoms with Crippen molar-refractivity contribution in [3.05, 3.63) is 35.5 Å². The molecule has 0 spiro atoms. The number of nitrogens with zero attached hydrogens (tertiary/aromatic N) is 3. The second-order valence-electron chi connectivity index (χ2n) is 11.8. The van der Waals surface area contributed by atoms with Crippen LogP contribution in [0.3, 0.4) is 0 Å². The van der Waals surface area contributed by atoms with E-state index < -0.39 is 17.5 Å². The van der Waals surface area contributed by atoms with Crippen LogP contribution in [0.4, 0.5) is 8.78 Å². The Kier molecular flexibility index (Phi) is 9.90. The molecule has 41 heavy (non-hydrogen) atoms. The Morgan fingerprint density at radius 1 is 1.00 bits per heavy atom. The molecule has 2 aliphatic carbocycles. The molecule has 3 aliphatic rings. The number of carbonyl (C=O) groups is 2. The highest BCUT2D eigenvalue weighted by molar-refractivity contribution is 5.94. The number of nitrogens with one attached hydrogen (secondary N) is 2. The molecule has 1 aromatic heterocycles. The van der Waals surface area contributed by atoms with Crippen LogP contribution in [0.2, 0.25) is 0 Å². The van der Waals surface area contributed by atoms with Gasteiger partial charge in [-0.2, -0.15) is 5.10 Å². The van der Waals surface area contributed by atoms with Gasteiger partial charge in [-0.3, -0.25) is 14.3 Å². The van der Waals surface area contributed by atoms with E-state index in [4.69, 9.17) is 4.74 Å². The third kappa shape index (κ3) is 7.45. The molecule has 2 heterocycles. The summed E-state index contributed by atoms with van der Waals surface area (Å²) >= 11 is 0. The summed E-state index contributed by atoms with van der Waals surface area (Å²) in [5, 5.41) is 10.7. The summed E-state index contributed by atoms with van der Waals surface area (Å²) in [4.78, 5) is 28.7. The number of benzene rings is 1. The number of piperidine rings is 1. The summed E-state index contributed by atoms with van der Waals surface area (Å²) in [5.41, 5.74) is 0.128. The second-order valence-corrected chi connectivity index (χ2v) is 11.8. The van der Waals surface area contributed by atoms with Gasteiger partial charge in [0.1, 0.15) is 17.4 Å². The lowest BCUT2D eigenvalue weighted by Crippen LogP contribution is -2.45. The number of hydrogen-bond donors (Lipinski definition) is 2. The first-order chi connectivity index (χ1) is 19.9. The molecule has 5 rings (SSSR count). The Hall–Kier alpha value is -3.01. The van der Waals surface area contributed by atoms with Crippen LogP contribution in [-0.4, -0.2) is 64.8 Å². The molecular weight excluding hydrogens is 528 g/mol. The van der Waals surface area contributed by atoms with Crippen molar-refractivity contribution in [1.29, 1.82) is 0 Å². The lowest BCUT2D eigenvalue weighted by Gasteiger charge is -2.29. The molecule has 10 heteroatoms. The third-order valence-corrected chi connectivity index (χ3v) is 8.70. The molecule has 0 bridgehead atoms. The Labute approximate surface area is 241 Å². The number of likely N-dealkylation sites (tertiary alicyclic amines) is 1. The molecule has 224 valence electrons. The van der Waals surface area contributed by atoms with Gasteiger partial charge in [-0.05, 0) is 77.4 Å². The van der Waals surface area contributed by atoms with E-state index in [9.17, 15) is 9.59 Å². The van der Waals surface area contributed by atoms with Crippen molar-refractivity contribution >= 4 is 11.8 Å². The van der Waals surface area contributed by atoms with E-state index in [-0.39, 0.29) is 53.2 Å². The number of carbonyl (C=O) groups excluding carboxylic acids is 2. The molecular formula is C31H43F2N5O3. The quantitative estimate of drug-likeness (QED) is 0.357. The Bertz CT molecular complexity index is 1180. The molecule has 2 N–H and O–H groups in total. The van der Waals surface area contributed by atoms with Gasteiger partial charge >= 0.3 is 0 Å². The van der Waals surface area contributed by atoms with Gasteiger partial charge in [0, 0.05) is 37.2 Å². The number of rotatable bonds is 12. The normalized spacial score (nSPS) is 19.1. The smallest absolute Gasteiger partial charge is 0.272 e. The summed E-state index contributed by atoms with van der Waals surface area (Å²) < 4.78 is 37.4. The van der Waals surface area contributed by atoms with E-state index in [0.717, 1.165) is 64.6 Å². The van der Waals surface area contributed by atoms with Crippen molar-refractivity contribution in [2.45, 2.75) is 102 Å². The average molecular weight is 572 g/mol. The maximum atomic E-state index is 15.3. The largest absolute Gasteiger partial charge is 0.494 e. The SMILES string of the molecule is CCOc1cc(F)c(-c2cc(C(=O)NC(CCN3CCCCC3)CC(=O)NC3CCC3)nn2C2CCCC2)c(F)c1. The predicted molar refractivity (Wildman–Crippen MR) is 153 cm³/mol. The van der Waals surface area contributed by atoms with E-state index in [1.54, 1.807) is 11.6 Å². The molecule has 2 saturated carbocycles. The van der Waals surface area contributed by atoms with Crippen LogP contribution in [0.1, 0.15) is 101 Å². The van der Waals surface area contributed by atoms with Gasteiger partial charge in [0.15, 0.2) is 5.69 Å². The molecule has 2 aromatic rings. The maximum absolute atomic E-state index is 15.3. The molecule has 1 atom stereocenters. The van der Waals surface area contributed by atoms with Crippen molar-refractivity contribution in [2.75, 3.05) is 26.2 Å². The van der Waals surface area contributed by atoms with Crippen molar-refractivity contribution in [2.24, 2.45) is 0 Å². The minimum Gasteiger partial charge on any atom is -0.494 e. The third-order valence-electron chi connectivity index (χ3n) is 8.70. The van der Waals surface area contributed by atoms with Crippen LogP contribution < -0.4 is 15.4 Å². The van der Waals surface area contributed by atoms with Crippen LogP contribution in [0.5, 0.6) is 5.75 Å². The Morgan fingerprint density at radius 3 is 2.34 bits per heavy atom. The minimum atomic E-state index is -0.758. The average Bonchev–Trinajstić information content (AvgIpc) is 3.60. The summed E-state index contributed by atoms with van der Waals surface area (Å²) in [6.45, 7) is 4.90. The van der Waals surface area contributed by atoms with E-state index in [1.165, 1.54) is 37.5 Å². The molecule has 2 amide bonds. The van der Waals surface area contributed by atoms with Gasteiger partial charge in [-0.15, -0.1) is 0 Å². The van der Waals surface area contributed by atoms with Gasteiger partial charge in [-0.25, -0.2) is 8.78 Å². The first kappa shape index (κ1) is 29.5. The number of amides is 2. The number of ether oxygens (including phenoxy) is 1. The standard InChI is InChI=1S/C31H43F2N5O3/c1-2-41-24-18-25(32)30(26(33)19-24)28-20-27(36-38(28)23-11-4-5-12-23)31(40)35-22(13-16-37-14-6-3-7-15-37)17-29(39)34-21-9-8-10-21/h18-23H,2-17H2,1H3,(H,34,39)(H,35,40). The summed E-state index contributed by atoms with van der Waals surface area (Å²) in [5.74, 6) is -1.89. The zero-order chi connectivity index (χ0) is 28.8. The van der Waals surface area contributed by atoms with Crippen molar-refractivity contribution in [3.8, 4) is 17.0 Å². The number of aromatic nitrogens is 2. The summed E-state index contributed by atoms with van der Waals surface area (Å²) in [7, 11) is 0. The second kappa shape index (κ2) is 13.8. The fourth-order valence-corrected chi connectivity index (χ4v) is 6.23. The zero-order valence-electron chi connectivity index (χ0n) is 24.1. The van der Waals surface area contributed by atoms with Crippen LogP contribution in [0, 0.1) is 11.6 Å². The van der Waals surface area contributed by atoms with Crippen LogP contribution >= 0.6 is 0 Å². The maximum Gasteiger partial charge on any atom is 0.272 e. The lowest BCUT2D eigenvalue weighted by atomic mass is 9.93. The Morgan fingerprint density at radius 2 is 1.71 bits per heavy atom. The fourth-order valence-electron chi connectivity index (χ4n) is 6.23. The minimum absolute atomic E-state index is 0.0416. The molecule has 3 fully saturated rings. The van der Waals surface area contributed by atoms with Gasteiger partial charge in [0.25, 0.3) is 5.91 Å². The van der Waals surface area contributed by atoms with Crippen molar-refractivity contribution < 1.29 is 23.1 Å². The van der Waals surface area contributed by atoms with Gasteiger partial charge < -0.3 is 20.3 Å². The van der Waals surface area contributed by atoms with Crippen LogP contribution in [0.25, 0.3) is 11.3 Å². The van der Waals surface area contributed by atoms with Crippen LogP contribution in [0.15, 0.2) is 18.2 Å². The van der Waals surface area contributed by atoms with E-state index >= 15 is 8.78 Å². The van der Waals surface area contributed by atoms with Gasteiger partial charge in [0.2, 0.25) is 5.91 Å². The number of hydrogen-bond acceptors (Lipinski definition) is 5. The van der Waals surface area contributed by atoms with Crippen molar-refractivity contribution in [1.82, 2.24) is 25.3 Å². The first-order valence-corrected chi connectivity index (χ1v) is 15.5. The van der Waals surface area contributed by atoms with Crippen molar-refractivity contribution in [3.63, 3.8) is 0 Å². The molecule has 8 nitrogen and oxygen atoms in total.